The molecule has 5 nitrogen and oxygen atoms in total. The number of aromatic nitrogens is 2. The van der Waals surface area contributed by atoms with Gasteiger partial charge in [0.05, 0.1) is 11.9 Å². The molecule has 0 fully saturated rings. The first kappa shape index (κ1) is 13.5. The molecule has 0 amide bonds. The van der Waals surface area contributed by atoms with Crippen LogP contribution in [0.1, 0.15) is 12.6 Å². The van der Waals surface area contributed by atoms with E-state index in [2.05, 4.69) is 31.2 Å². The average molecular weight is 322 g/mol. The van der Waals surface area contributed by atoms with Crippen molar-refractivity contribution >= 4 is 27.6 Å². The van der Waals surface area contributed by atoms with Crippen LogP contribution in [0.15, 0.2) is 47.3 Å². The Morgan fingerprint density at radius 1 is 1.42 bits per heavy atom. The van der Waals surface area contributed by atoms with Crippen LogP contribution in [0.4, 0.5) is 5.69 Å². The SMILES string of the molecule is CC(Nc1cccc(Br)c1)(C(=O)O)c1cnccn1. The van der Waals surface area contributed by atoms with Crippen molar-refractivity contribution < 1.29 is 9.90 Å². The van der Waals surface area contributed by atoms with Gasteiger partial charge in [-0.2, -0.15) is 0 Å². The van der Waals surface area contributed by atoms with Crippen LogP contribution in [-0.4, -0.2) is 21.0 Å². The molecule has 2 rings (SSSR count). The van der Waals surface area contributed by atoms with Crippen LogP contribution in [-0.2, 0) is 10.3 Å². The monoisotopic (exact) mass is 321 g/mol. The summed E-state index contributed by atoms with van der Waals surface area (Å²) >= 11 is 3.35. The lowest BCUT2D eigenvalue weighted by Gasteiger charge is -2.26. The zero-order chi connectivity index (χ0) is 13.9. The predicted molar refractivity (Wildman–Crippen MR) is 74.8 cm³/mol. The molecule has 19 heavy (non-hydrogen) atoms. The number of aliphatic carboxylic acids is 1. The molecule has 1 aromatic carbocycles. The predicted octanol–water partition coefficient (Wildman–Crippen LogP) is 2.65. The summed E-state index contributed by atoms with van der Waals surface area (Å²) in [5.74, 6) is -1.02. The van der Waals surface area contributed by atoms with Gasteiger partial charge in [-0.3, -0.25) is 9.97 Å². The van der Waals surface area contributed by atoms with Gasteiger partial charge in [-0.25, -0.2) is 4.79 Å². The third-order valence-corrected chi connectivity index (χ3v) is 3.22. The standard InChI is InChI=1S/C13H12BrN3O2/c1-13(12(18)19,11-8-15-5-6-16-11)17-10-4-2-3-9(14)7-10/h2-8,17H,1H3,(H,18,19). The third-order valence-electron chi connectivity index (χ3n) is 2.72. The topological polar surface area (TPSA) is 75.1 Å². The molecule has 0 aliphatic carbocycles. The Bertz CT molecular complexity index is 591. The minimum absolute atomic E-state index is 0.350. The van der Waals surface area contributed by atoms with Gasteiger partial charge in [-0.05, 0) is 25.1 Å². The third kappa shape index (κ3) is 2.90. The summed E-state index contributed by atoms with van der Waals surface area (Å²) < 4.78 is 0.865. The summed E-state index contributed by atoms with van der Waals surface area (Å²) in [6.45, 7) is 1.56. The van der Waals surface area contributed by atoms with Crippen LogP contribution < -0.4 is 5.32 Å². The number of carbonyl (C=O) groups is 1. The highest BCUT2D eigenvalue weighted by molar-refractivity contribution is 9.10. The fraction of sp³-hybridized carbons (Fsp3) is 0.154. The van der Waals surface area contributed by atoms with Crippen LogP contribution in [0.3, 0.4) is 0 Å². The number of carboxylic acids is 1. The highest BCUT2D eigenvalue weighted by atomic mass is 79.9. The van der Waals surface area contributed by atoms with Crippen molar-refractivity contribution in [1.29, 1.82) is 0 Å². The van der Waals surface area contributed by atoms with Crippen molar-refractivity contribution in [2.45, 2.75) is 12.5 Å². The Labute approximate surface area is 118 Å². The van der Waals surface area contributed by atoms with E-state index in [4.69, 9.17) is 0 Å². The molecule has 0 aliphatic rings. The fourth-order valence-electron chi connectivity index (χ4n) is 1.64. The van der Waals surface area contributed by atoms with E-state index in [0.29, 0.717) is 11.4 Å². The van der Waals surface area contributed by atoms with Gasteiger partial charge in [-0.15, -0.1) is 0 Å². The number of anilines is 1. The van der Waals surface area contributed by atoms with E-state index in [1.54, 1.807) is 19.1 Å². The Morgan fingerprint density at radius 2 is 2.21 bits per heavy atom. The van der Waals surface area contributed by atoms with Gasteiger partial charge in [0.15, 0.2) is 5.54 Å². The van der Waals surface area contributed by atoms with E-state index in [0.717, 1.165) is 4.47 Å². The Balaban J connectivity index is 2.39. The van der Waals surface area contributed by atoms with E-state index in [1.807, 2.05) is 12.1 Å². The second-order valence-corrected chi connectivity index (χ2v) is 5.07. The number of hydrogen-bond acceptors (Lipinski definition) is 4. The molecule has 98 valence electrons. The lowest BCUT2D eigenvalue weighted by Crippen LogP contribution is -2.41. The van der Waals surface area contributed by atoms with Crippen molar-refractivity contribution in [1.82, 2.24) is 9.97 Å². The summed E-state index contributed by atoms with van der Waals surface area (Å²) in [5.41, 5.74) is -0.304. The highest BCUT2D eigenvalue weighted by Gasteiger charge is 2.37. The van der Waals surface area contributed by atoms with Crippen LogP contribution in [0.5, 0.6) is 0 Å². The second kappa shape index (κ2) is 5.36. The lowest BCUT2D eigenvalue weighted by atomic mass is 9.98. The van der Waals surface area contributed by atoms with Gasteiger partial charge in [0.25, 0.3) is 0 Å². The Kier molecular flexibility index (Phi) is 3.80. The highest BCUT2D eigenvalue weighted by Crippen LogP contribution is 2.26. The van der Waals surface area contributed by atoms with Gasteiger partial charge >= 0.3 is 5.97 Å². The summed E-state index contributed by atoms with van der Waals surface area (Å²) in [6.07, 6.45) is 4.42. The molecule has 1 atom stereocenters. The quantitative estimate of drug-likeness (QED) is 0.905. The zero-order valence-corrected chi connectivity index (χ0v) is 11.8. The summed E-state index contributed by atoms with van der Waals surface area (Å²) in [7, 11) is 0. The van der Waals surface area contributed by atoms with E-state index in [-0.39, 0.29) is 0 Å². The van der Waals surface area contributed by atoms with E-state index < -0.39 is 11.5 Å². The second-order valence-electron chi connectivity index (χ2n) is 4.16. The van der Waals surface area contributed by atoms with Crippen LogP contribution in [0, 0.1) is 0 Å². The Hall–Kier alpha value is -1.95. The van der Waals surface area contributed by atoms with E-state index >= 15 is 0 Å². The molecule has 1 aromatic heterocycles. The van der Waals surface area contributed by atoms with E-state index in [9.17, 15) is 9.90 Å². The summed E-state index contributed by atoms with van der Waals surface area (Å²) in [6, 6.07) is 7.29. The van der Waals surface area contributed by atoms with Gasteiger partial charge < -0.3 is 10.4 Å². The first-order valence-electron chi connectivity index (χ1n) is 5.56. The first-order valence-corrected chi connectivity index (χ1v) is 6.35. The van der Waals surface area contributed by atoms with Crippen molar-refractivity contribution in [2.24, 2.45) is 0 Å². The molecule has 0 saturated carbocycles. The number of hydrogen-bond donors (Lipinski definition) is 2. The maximum absolute atomic E-state index is 11.6. The smallest absolute Gasteiger partial charge is 0.335 e. The first-order chi connectivity index (χ1) is 9.02. The fourth-order valence-corrected chi connectivity index (χ4v) is 2.04. The molecule has 2 aromatic rings. The Morgan fingerprint density at radius 3 is 2.79 bits per heavy atom. The van der Waals surface area contributed by atoms with Crippen molar-refractivity contribution in [3.8, 4) is 0 Å². The molecular weight excluding hydrogens is 310 g/mol. The molecule has 2 N–H and O–H groups in total. The molecule has 0 radical (unpaired) electrons. The number of benzene rings is 1. The summed E-state index contributed by atoms with van der Waals surface area (Å²) in [5, 5.41) is 12.5. The number of carboxylic acid groups (broad SMARTS) is 1. The van der Waals surface area contributed by atoms with Crippen LogP contribution in [0.2, 0.25) is 0 Å². The molecule has 6 heteroatoms. The minimum Gasteiger partial charge on any atom is -0.479 e. The minimum atomic E-state index is -1.34. The van der Waals surface area contributed by atoms with Gasteiger partial charge in [0.2, 0.25) is 0 Å². The molecule has 0 spiro atoms. The molecule has 0 aliphatic heterocycles. The molecular formula is C13H12BrN3O2. The molecule has 0 saturated heterocycles. The van der Waals surface area contributed by atoms with Crippen molar-refractivity contribution in [2.75, 3.05) is 5.32 Å². The van der Waals surface area contributed by atoms with Crippen molar-refractivity contribution in [3.63, 3.8) is 0 Å². The number of halogens is 1. The van der Waals surface area contributed by atoms with Crippen LogP contribution in [0.25, 0.3) is 0 Å². The number of nitrogens with one attached hydrogen (secondary N) is 1. The number of nitrogens with zero attached hydrogens (tertiary/aromatic N) is 2. The largest absolute Gasteiger partial charge is 0.479 e. The van der Waals surface area contributed by atoms with Gasteiger partial charge in [0.1, 0.15) is 0 Å². The average Bonchev–Trinajstić information content (AvgIpc) is 2.39. The maximum Gasteiger partial charge on any atom is 0.335 e. The normalized spacial score (nSPS) is 13.6. The molecule has 1 unspecified atom stereocenters. The lowest BCUT2D eigenvalue weighted by molar-refractivity contribution is -0.142. The van der Waals surface area contributed by atoms with E-state index in [1.165, 1.54) is 18.6 Å². The maximum atomic E-state index is 11.6. The zero-order valence-electron chi connectivity index (χ0n) is 10.2. The summed E-state index contributed by atoms with van der Waals surface area (Å²) in [4.78, 5) is 19.6. The van der Waals surface area contributed by atoms with Gasteiger partial charge in [0, 0.05) is 22.6 Å². The van der Waals surface area contributed by atoms with Crippen molar-refractivity contribution in [3.05, 3.63) is 53.0 Å². The van der Waals surface area contributed by atoms with Gasteiger partial charge in [-0.1, -0.05) is 22.0 Å². The van der Waals surface area contributed by atoms with Crippen LogP contribution >= 0.6 is 15.9 Å². The molecule has 1 heterocycles. The number of rotatable bonds is 4. The molecule has 0 bridgehead atoms.